The van der Waals surface area contributed by atoms with Gasteiger partial charge in [-0.25, -0.2) is 0 Å². The van der Waals surface area contributed by atoms with Crippen molar-refractivity contribution in [3.05, 3.63) is 0 Å². The van der Waals surface area contributed by atoms with Crippen LogP contribution in [0.3, 0.4) is 0 Å². The van der Waals surface area contributed by atoms with E-state index in [1.54, 1.807) is 0 Å². The van der Waals surface area contributed by atoms with E-state index in [1.165, 1.54) is 0 Å². The Balaban J connectivity index is -0.000000000833. The average Bonchev–Trinajstić information content (AvgIpc) is 1.00. The summed E-state index contributed by atoms with van der Waals surface area (Å²) in [4.78, 5) is 0. The summed E-state index contributed by atoms with van der Waals surface area (Å²) >= 11 is 2.31. The van der Waals surface area contributed by atoms with Crippen LogP contribution in [0.15, 0.2) is 0 Å². The van der Waals surface area contributed by atoms with Crippen molar-refractivity contribution in [2.45, 2.75) is 0 Å². The summed E-state index contributed by atoms with van der Waals surface area (Å²) in [6.07, 6.45) is 0. The van der Waals surface area contributed by atoms with E-state index in [0.717, 1.165) is 0 Å². The zero-order chi connectivity index (χ0) is 2.00. The molecule has 0 rings (SSSR count). The molecule has 0 aliphatic carbocycles. The maximum absolute atomic E-state index is 7.94. The van der Waals surface area contributed by atoms with Crippen molar-refractivity contribution in [2.75, 3.05) is 0 Å². The third-order valence-corrected chi connectivity index (χ3v) is 0. The van der Waals surface area contributed by atoms with Crippen molar-refractivity contribution in [2.24, 2.45) is 0 Å². The van der Waals surface area contributed by atoms with Crippen molar-refractivity contribution in [1.29, 1.82) is 0 Å². The zero-order valence-corrected chi connectivity index (χ0v) is 5.80. The molecule has 0 N–H and O–H groups in total. The normalized spacial score (nSPS) is 1.00. The summed E-state index contributed by atoms with van der Waals surface area (Å²) in [5, 5.41) is 0. The molecule has 5 heteroatoms. The molecule has 0 atom stereocenters. The summed E-state index contributed by atoms with van der Waals surface area (Å²) in [5.74, 6) is 0. The molecule has 0 bridgehead atoms. The monoisotopic (exact) mass is 194 g/mol. The second-order valence-electron chi connectivity index (χ2n) is 0. The Hall–Kier alpha value is 1.94. The molecule has 0 aromatic heterocycles. The molecule has 0 heterocycles. The van der Waals surface area contributed by atoms with Gasteiger partial charge in [-0.15, -0.1) is 0 Å². The second kappa shape index (κ2) is 38.5. The van der Waals surface area contributed by atoms with E-state index >= 15 is 0 Å². The second-order valence-corrected chi connectivity index (χ2v) is 0. The van der Waals surface area contributed by atoms with Crippen LogP contribution in [0.25, 0.3) is 0 Å². The van der Waals surface area contributed by atoms with E-state index in [1.807, 2.05) is 0 Å². The Morgan fingerprint density at radius 3 is 1.40 bits per heavy atom. The molecule has 0 unspecified atom stereocenters. The van der Waals surface area contributed by atoms with Gasteiger partial charge in [0, 0.05) is 34.1 Å². The molecule has 0 amide bonds. The van der Waals surface area contributed by atoms with E-state index in [0.29, 0.717) is 0 Å². The van der Waals surface area contributed by atoms with Gasteiger partial charge < -0.3 is 1.43 Å². The topological polar surface area (TPSA) is 17.1 Å². The molecule has 0 spiro atoms. The van der Waals surface area contributed by atoms with Crippen molar-refractivity contribution in [1.82, 2.24) is 0 Å². The fourth-order valence-electron chi connectivity index (χ4n) is 0. The maximum atomic E-state index is 7.94. The van der Waals surface area contributed by atoms with Crippen molar-refractivity contribution < 1.29 is 74.0 Å². The first-order chi connectivity index (χ1) is 1.00. The quantitative estimate of drug-likeness (QED) is 0.375. The van der Waals surface area contributed by atoms with Crippen LogP contribution < -0.4 is 18.9 Å². The van der Waals surface area contributed by atoms with Crippen LogP contribution in [-0.2, 0) is 53.7 Å². The summed E-state index contributed by atoms with van der Waals surface area (Å²) in [6, 6.07) is 0. The van der Waals surface area contributed by atoms with Gasteiger partial charge in [0.2, 0.25) is 0 Å². The third-order valence-electron chi connectivity index (χ3n) is 0. The third kappa shape index (κ3) is 24.5. The van der Waals surface area contributed by atoms with Crippen LogP contribution in [-0.4, -0.2) is 0 Å². The van der Waals surface area contributed by atoms with Crippen LogP contribution in [0.2, 0.25) is 0 Å². The molecule has 0 aliphatic heterocycles. The average molecular weight is 194 g/mol. The first-order valence-corrected chi connectivity index (χ1v) is 0.561. The Labute approximate surface area is 73.4 Å². The van der Waals surface area contributed by atoms with E-state index in [9.17, 15) is 0 Å². The fourth-order valence-corrected chi connectivity index (χ4v) is 0. The molecule has 0 aromatic rings. The van der Waals surface area contributed by atoms with Gasteiger partial charge in [-0.05, 0) is 0 Å². The molecule has 0 aromatic carbocycles. The van der Waals surface area contributed by atoms with Gasteiger partial charge in [0.25, 0.3) is 0 Å². The van der Waals surface area contributed by atoms with Crippen molar-refractivity contribution in [3.8, 4) is 0 Å². The fraction of sp³-hybridized carbons (Fsp3) is 0. The standard InChI is InChI=1S/Co.Fe.Li.Mn.O.H/q;;+1;;;-1. The van der Waals surface area contributed by atoms with Gasteiger partial charge in [-0.2, -0.15) is 0 Å². The molecule has 1 nitrogen and oxygen atoms in total. The number of hydrogen-bond acceptors (Lipinski definition) is 1. The molecule has 32 valence electrons. The summed E-state index contributed by atoms with van der Waals surface area (Å²) < 4.78 is 7.94. The Morgan fingerprint density at radius 2 is 1.40 bits per heavy atom. The van der Waals surface area contributed by atoms with Crippen LogP contribution in [0.5, 0.6) is 0 Å². The van der Waals surface area contributed by atoms with Gasteiger partial charge in [-0.3, -0.25) is 0 Å². The van der Waals surface area contributed by atoms with Gasteiger partial charge in [0.05, 0.1) is 0 Å². The Bertz CT molecular complexity index is 15.5. The van der Waals surface area contributed by atoms with Gasteiger partial charge in [0.1, 0.15) is 0 Å². The predicted molar refractivity (Wildman–Crippen MR) is 1.80 cm³/mol. The number of rotatable bonds is 0. The minimum atomic E-state index is 0. The molecular weight excluding hydrogens is 193 g/mol. The van der Waals surface area contributed by atoms with Crippen LogP contribution in [0.4, 0.5) is 0 Å². The molecule has 5 heavy (non-hydrogen) atoms. The van der Waals surface area contributed by atoms with Gasteiger partial charge >= 0.3 is 38.4 Å². The molecule has 0 fully saturated rings. The van der Waals surface area contributed by atoms with E-state index in [4.69, 9.17) is 3.87 Å². The molecule has 0 aliphatic rings. The van der Waals surface area contributed by atoms with Crippen molar-refractivity contribution in [3.63, 3.8) is 0 Å². The Morgan fingerprint density at radius 1 is 1.40 bits per heavy atom. The van der Waals surface area contributed by atoms with Gasteiger partial charge in [0.15, 0.2) is 0 Å². The summed E-state index contributed by atoms with van der Waals surface area (Å²) in [7, 11) is 0. The van der Waals surface area contributed by atoms with Crippen LogP contribution >= 0.6 is 0 Å². The molecule has 0 saturated heterocycles. The van der Waals surface area contributed by atoms with E-state index < -0.39 is 0 Å². The molecule has 0 saturated carbocycles. The predicted octanol–water partition coefficient (Wildman–Crippen LogP) is -3.01. The van der Waals surface area contributed by atoms with E-state index in [2.05, 4.69) is 15.7 Å². The van der Waals surface area contributed by atoms with Crippen LogP contribution in [0.1, 0.15) is 1.43 Å². The van der Waals surface area contributed by atoms with E-state index in [-0.39, 0.29) is 54.4 Å². The summed E-state index contributed by atoms with van der Waals surface area (Å²) in [5.41, 5.74) is 0. The first-order valence-electron chi connectivity index (χ1n) is 0.136. The molecular formula is HCoFeLiMnO. The zero-order valence-electron chi connectivity index (χ0n) is 3.47. The van der Waals surface area contributed by atoms with Crippen molar-refractivity contribution >= 4 is 0 Å². The number of hydrogen-bond donors (Lipinski definition) is 0. The first kappa shape index (κ1) is 28.3. The summed E-state index contributed by atoms with van der Waals surface area (Å²) in [6.45, 7) is 0. The SMILES string of the molecule is [Fe].[H-].[Li+].[Mn].[O]=[Co]. The van der Waals surface area contributed by atoms with Crippen LogP contribution in [0, 0.1) is 0 Å². The molecule has 1 radical (unpaired) electrons. The Kier molecular flexibility index (Phi) is 218. The minimum absolute atomic E-state index is 0. The van der Waals surface area contributed by atoms with Gasteiger partial charge in [-0.1, -0.05) is 0 Å².